The normalized spacial score (nSPS) is 29.0. The van der Waals surface area contributed by atoms with Gasteiger partial charge in [-0.05, 0) is 18.9 Å². The van der Waals surface area contributed by atoms with Gasteiger partial charge in [-0.3, -0.25) is 14.5 Å². The molecule has 2 N–H and O–H groups in total. The number of fused-ring (bicyclic) bond motifs is 1. The maximum atomic E-state index is 13.1. The van der Waals surface area contributed by atoms with Crippen LogP contribution in [0.3, 0.4) is 0 Å². The zero-order valence-corrected chi connectivity index (χ0v) is 13.8. The van der Waals surface area contributed by atoms with Crippen LogP contribution >= 0.6 is 0 Å². The monoisotopic (exact) mass is 348 g/mol. The number of halogens is 1. The number of aliphatic carboxylic acids is 1. The van der Waals surface area contributed by atoms with Gasteiger partial charge in [-0.1, -0.05) is 6.07 Å². The molecule has 1 aromatic rings. The van der Waals surface area contributed by atoms with Gasteiger partial charge in [-0.15, -0.1) is 0 Å². The van der Waals surface area contributed by atoms with E-state index in [1.54, 1.807) is 4.90 Å². The summed E-state index contributed by atoms with van der Waals surface area (Å²) in [7, 11) is 0. The van der Waals surface area contributed by atoms with Gasteiger partial charge in [0.1, 0.15) is 17.0 Å². The molecule has 3 aliphatic rings. The zero-order valence-electron chi connectivity index (χ0n) is 13.8. The van der Waals surface area contributed by atoms with E-state index in [2.05, 4.69) is 0 Å². The first-order chi connectivity index (χ1) is 11.9. The van der Waals surface area contributed by atoms with Crippen LogP contribution in [0.5, 0.6) is 5.75 Å². The van der Waals surface area contributed by atoms with Crippen molar-refractivity contribution in [1.29, 1.82) is 0 Å². The van der Waals surface area contributed by atoms with Crippen molar-refractivity contribution < 1.29 is 24.2 Å². The van der Waals surface area contributed by atoms with E-state index >= 15 is 0 Å². The summed E-state index contributed by atoms with van der Waals surface area (Å²) in [5.74, 6) is -1.41. The van der Waals surface area contributed by atoms with Gasteiger partial charge in [0.25, 0.3) is 0 Å². The average Bonchev–Trinajstić information content (AvgIpc) is 3.24. The van der Waals surface area contributed by atoms with E-state index in [1.165, 1.54) is 12.1 Å². The Bertz CT molecular complexity index is 736. The van der Waals surface area contributed by atoms with Gasteiger partial charge in [0.05, 0.1) is 0 Å². The second kappa shape index (κ2) is 5.69. The number of hydrogen-bond donors (Lipinski definition) is 2. The van der Waals surface area contributed by atoms with Crippen LogP contribution in [0.25, 0.3) is 0 Å². The molecule has 0 aromatic heterocycles. The molecular weight excluding hydrogens is 327 g/mol. The van der Waals surface area contributed by atoms with Gasteiger partial charge >= 0.3 is 5.97 Å². The van der Waals surface area contributed by atoms with Crippen LogP contribution in [0.4, 0.5) is 4.39 Å². The van der Waals surface area contributed by atoms with E-state index < -0.39 is 17.2 Å². The molecule has 7 heteroatoms. The average molecular weight is 348 g/mol. The number of hydrogen-bond acceptors (Lipinski definition) is 4. The van der Waals surface area contributed by atoms with Gasteiger partial charge in [-0.25, -0.2) is 4.39 Å². The SMILES string of the molecule is O=C(C1CC1)N1C[C@H]2CN(Cc3ccc(F)cc3O)C[C@@]2(C(=O)O)C1. The van der Waals surface area contributed by atoms with Crippen molar-refractivity contribution in [2.45, 2.75) is 19.4 Å². The molecule has 6 nitrogen and oxygen atoms in total. The Kier molecular flexibility index (Phi) is 3.72. The minimum absolute atomic E-state index is 0.0944. The Balaban J connectivity index is 1.49. The number of phenolic OH excluding ortho intramolecular Hbond substituents is 1. The predicted molar refractivity (Wildman–Crippen MR) is 86.2 cm³/mol. The summed E-state index contributed by atoms with van der Waals surface area (Å²) in [6.45, 7) is 1.99. The van der Waals surface area contributed by atoms with Crippen molar-refractivity contribution in [3.8, 4) is 5.75 Å². The van der Waals surface area contributed by atoms with Crippen LogP contribution in [0.1, 0.15) is 18.4 Å². The number of aromatic hydroxyl groups is 1. The molecule has 2 heterocycles. The van der Waals surface area contributed by atoms with Crippen molar-refractivity contribution in [3.63, 3.8) is 0 Å². The first-order valence-electron chi connectivity index (χ1n) is 8.61. The standard InChI is InChI=1S/C18H21FN2O4/c19-14-4-3-12(15(22)5-14)6-20-7-13-8-21(16(23)11-1-2-11)10-18(13,9-20)17(24)25/h3-5,11,13,22H,1-2,6-10H2,(H,24,25)/t13-,18-/m1/s1. The fourth-order valence-corrected chi connectivity index (χ4v) is 4.26. The number of likely N-dealkylation sites (tertiary alicyclic amines) is 2. The summed E-state index contributed by atoms with van der Waals surface area (Å²) >= 11 is 0. The van der Waals surface area contributed by atoms with E-state index in [9.17, 15) is 24.2 Å². The number of carbonyl (C=O) groups is 2. The lowest BCUT2D eigenvalue weighted by molar-refractivity contribution is -0.149. The molecular formula is C18H21FN2O4. The highest BCUT2D eigenvalue weighted by atomic mass is 19.1. The molecule has 4 rings (SSSR count). The number of benzene rings is 1. The molecule has 1 aliphatic carbocycles. The second-order valence-electron chi connectivity index (χ2n) is 7.59. The fourth-order valence-electron chi connectivity index (χ4n) is 4.26. The number of carbonyl (C=O) groups excluding carboxylic acids is 1. The molecule has 1 amide bonds. The fraction of sp³-hybridized carbons (Fsp3) is 0.556. The largest absolute Gasteiger partial charge is 0.508 e. The van der Waals surface area contributed by atoms with E-state index in [-0.39, 0.29) is 30.0 Å². The van der Waals surface area contributed by atoms with Crippen molar-refractivity contribution in [2.75, 3.05) is 26.2 Å². The van der Waals surface area contributed by atoms with Gasteiger partial charge in [-0.2, -0.15) is 0 Å². The molecule has 25 heavy (non-hydrogen) atoms. The molecule has 0 unspecified atom stereocenters. The number of phenols is 1. The Morgan fingerprint density at radius 2 is 2.00 bits per heavy atom. The lowest BCUT2D eigenvalue weighted by atomic mass is 9.81. The van der Waals surface area contributed by atoms with Crippen molar-refractivity contribution in [2.24, 2.45) is 17.3 Å². The molecule has 1 saturated carbocycles. The summed E-state index contributed by atoms with van der Waals surface area (Å²) in [5, 5.41) is 19.7. The van der Waals surface area contributed by atoms with E-state index in [0.717, 1.165) is 18.9 Å². The van der Waals surface area contributed by atoms with Crippen LogP contribution < -0.4 is 0 Å². The van der Waals surface area contributed by atoms with Crippen molar-refractivity contribution in [1.82, 2.24) is 9.80 Å². The van der Waals surface area contributed by atoms with Crippen LogP contribution in [-0.4, -0.2) is 58.1 Å². The lowest BCUT2D eigenvalue weighted by Crippen LogP contribution is -2.42. The highest BCUT2D eigenvalue weighted by Crippen LogP contribution is 2.45. The van der Waals surface area contributed by atoms with Crippen LogP contribution in [0.15, 0.2) is 18.2 Å². The minimum Gasteiger partial charge on any atom is -0.508 e. The number of carboxylic acid groups (broad SMARTS) is 1. The Labute approximate surface area is 144 Å². The second-order valence-corrected chi connectivity index (χ2v) is 7.59. The number of nitrogens with zero attached hydrogens (tertiary/aromatic N) is 2. The van der Waals surface area contributed by atoms with Crippen molar-refractivity contribution >= 4 is 11.9 Å². The third-order valence-electron chi connectivity index (χ3n) is 5.79. The number of amides is 1. The minimum atomic E-state index is -0.944. The van der Waals surface area contributed by atoms with Gasteiger partial charge < -0.3 is 15.1 Å². The molecule has 2 atom stereocenters. The Morgan fingerprint density at radius 3 is 2.60 bits per heavy atom. The predicted octanol–water partition coefficient (Wildman–Crippen LogP) is 1.29. The third kappa shape index (κ3) is 2.76. The zero-order chi connectivity index (χ0) is 17.8. The number of carboxylic acids is 1. The first-order valence-corrected chi connectivity index (χ1v) is 8.61. The quantitative estimate of drug-likeness (QED) is 0.857. The Hall–Kier alpha value is -2.15. The third-order valence-corrected chi connectivity index (χ3v) is 5.79. The molecule has 134 valence electrons. The summed E-state index contributed by atoms with van der Waals surface area (Å²) < 4.78 is 13.1. The lowest BCUT2D eigenvalue weighted by Gasteiger charge is -2.25. The number of rotatable bonds is 4. The summed E-state index contributed by atoms with van der Waals surface area (Å²) in [4.78, 5) is 28.0. The molecule has 0 spiro atoms. The summed E-state index contributed by atoms with van der Waals surface area (Å²) in [6.07, 6.45) is 1.83. The van der Waals surface area contributed by atoms with E-state index in [4.69, 9.17) is 0 Å². The van der Waals surface area contributed by atoms with Gasteiger partial charge in [0.15, 0.2) is 0 Å². The molecule has 0 bridgehead atoms. The summed E-state index contributed by atoms with van der Waals surface area (Å²) in [5.41, 5.74) is -0.368. The Morgan fingerprint density at radius 1 is 1.24 bits per heavy atom. The molecule has 2 aliphatic heterocycles. The summed E-state index contributed by atoms with van der Waals surface area (Å²) in [6, 6.07) is 3.87. The van der Waals surface area contributed by atoms with Crippen LogP contribution in [-0.2, 0) is 16.1 Å². The molecule has 3 fully saturated rings. The highest BCUT2D eigenvalue weighted by molar-refractivity contribution is 5.84. The van der Waals surface area contributed by atoms with E-state index in [0.29, 0.717) is 31.7 Å². The topological polar surface area (TPSA) is 81.1 Å². The smallest absolute Gasteiger partial charge is 0.313 e. The maximum Gasteiger partial charge on any atom is 0.313 e. The highest BCUT2D eigenvalue weighted by Gasteiger charge is 2.59. The first kappa shape index (κ1) is 16.3. The van der Waals surface area contributed by atoms with Crippen molar-refractivity contribution in [3.05, 3.63) is 29.6 Å². The van der Waals surface area contributed by atoms with Gasteiger partial charge in [0, 0.05) is 56.2 Å². The maximum absolute atomic E-state index is 13.1. The van der Waals surface area contributed by atoms with Crippen LogP contribution in [0, 0.1) is 23.1 Å². The van der Waals surface area contributed by atoms with Crippen LogP contribution in [0.2, 0.25) is 0 Å². The molecule has 2 saturated heterocycles. The molecule has 1 aromatic carbocycles. The van der Waals surface area contributed by atoms with Gasteiger partial charge in [0.2, 0.25) is 5.91 Å². The van der Waals surface area contributed by atoms with E-state index in [1.807, 2.05) is 4.90 Å². The molecule has 0 radical (unpaired) electrons.